The second-order valence-electron chi connectivity index (χ2n) is 7.04. The van der Waals surface area contributed by atoms with E-state index in [0.29, 0.717) is 34.1 Å². The van der Waals surface area contributed by atoms with Gasteiger partial charge in [0.2, 0.25) is 5.75 Å². The number of benzene rings is 2. The summed E-state index contributed by atoms with van der Waals surface area (Å²) in [7, 11) is 4.45. The fourth-order valence-electron chi connectivity index (χ4n) is 3.22. The number of rotatable bonds is 10. The lowest BCUT2D eigenvalue weighted by Gasteiger charge is -2.14. The van der Waals surface area contributed by atoms with Crippen molar-refractivity contribution in [3.63, 3.8) is 0 Å². The first kappa shape index (κ1) is 25.5. The third-order valence-corrected chi connectivity index (χ3v) is 5.79. The van der Waals surface area contributed by atoms with E-state index >= 15 is 0 Å². The van der Waals surface area contributed by atoms with E-state index in [4.69, 9.17) is 24.2 Å². The van der Waals surface area contributed by atoms with E-state index in [1.165, 1.54) is 21.3 Å². The van der Waals surface area contributed by atoms with Crippen LogP contribution in [0.1, 0.15) is 11.1 Å². The highest BCUT2D eigenvalue weighted by molar-refractivity contribution is 8.18. The molecule has 3 amide bonds. The van der Waals surface area contributed by atoms with E-state index in [2.05, 4.69) is 5.32 Å². The fraction of sp³-hybridized carbons (Fsp3) is 0.250. The molecular formula is C24H23N3O7S. The van der Waals surface area contributed by atoms with E-state index in [9.17, 15) is 14.4 Å². The average molecular weight is 498 g/mol. The van der Waals surface area contributed by atoms with Crippen LogP contribution in [0.3, 0.4) is 0 Å². The normalized spacial score (nSPS) is 14.0. The maximum absolute atomic E-state index is 12.8. The quantitative estimate of drug-likeness (QED) is 0.493. The second-order valence-corrected chi connectivity index (χ2v) is 8.03. The number of hydrogen-bond acceptors (Lipinski definition) is 9. The largest absolute Gasteiger partial charge is 0.493 e. The van der Waals surface area contributed by atoms with Crippen molar-refractivity contribution >= 4 is 34.9 Å². The summed E-state index contributed by atoms with van der Waals surface area (Å²) in [6, 6.07) is 11.9. The van der Waals surface area contributed by atoms with Crippen molar-refractivity contribution in [2.45, 2.75) is 0 Å². The molecule has 1 fully saturated rings. The van der Waals surface area contributed by atoms with E-state index in [-0.39, 0.29) is 24.6 Å². The Morgan fingerprint density at radius 2 is 1.77 bits per heavy atom. The van der Waals surface area contributed by atoms with Crippen molar-refractivity contribution in [2.75, 3.05) is 41.0 Å². The summed E-state index contributed by atoms with van der Waals surface area (Å²) in [6.45, 7) is -0.253. The first-order chi connectivity index (χ1) is 16.9. The lowest BCUT2D eigenvalue weighted by atomic mass is 10.1. The molecule has 10 nitrogen and oxygen atoms in total. The van der Waals surface area contributed by atoms with Crippen LogP contribution >= 0.6 is 11.8 Å². The number of para-hydroxylation sites is 1. The van der Waals surface area contributed by atoms with Gasteiger partial charge < -0.3 is 24.3 Å². The maximum Gasteiger partial charge on any atom is 0.293 e. The van der Waals surface area contributed by atoms with Gasteiger partial charge >= 0.3 is 0 Å². The maximum atomic E-state index is 12.8. The van der Waals surface area contributed by atoms with Crippen molar-refractivity contribution in [1.29, 1.82) is 5.26 Å². The van der Waals surface area contributed by atoms with E-state index in [1.54, 1.807) is 42.5 Å². The summed E-state index contributed by atoms with van der Waals surface area (Å²) in [5.41, 5.74) is 0.908. The second kappa shape index (κ2) is 11.8. The number of nitrogens with zero attached hydrogens (tertiary/aromatic N) is 2. The summed E-state index contributed by atoms with van der Waals surface area (Å²) >= 11 is 0.802. The highest BCUT2D eigenvalue weighted by Gasteiger charge is 2.34. The number of nitrogens with one attached hydrogen (secondary N) is 1. The number of thioether (sulfide) groups is 1. The zero-order chi connectivity index (χ0) is 25.4. The van der Waals surface area contributed by atoms with Crippen LogP contribution in [0.25, 0.3) is 6.08 Å². The first-order valence-corrected chi connectivity index (χ1v) is 11.2. The van der Waals surface area contributed by atoms with Crippen LogP contribution in [0, 0.1) is 11.3 Å². The third kappa shape index (κ3) is 6.04. The summed E-state index contributed by atoms with van der Waals surface area (Å²) in [5.74, 6) is 0.628. The van der Waals surface area contributed by atoms with Gasteiger partial charge in [-0.2, -0.15) is 5.26 Å². The standard InChI is InChI=1S/C24H23N3O7S/c1-31-18-10-15(11-19(32-2)22(18)33-3)12-20-23(29)27(24(30)35-20)9-8-26-21(28)14-34-17-7-5-4-6-16(17)13-25/h4-7,10-12H,8-9,14H2,1-3H3,(H,26,28)/b20-12-. The highest BCUT2D eigenvalue weighted by atomic mass is 32.2. The van der Waals surface area contributed by atoms with Gasteiger partial charge in [-0.15, -0.1) is 0 Å². The minimum atomic E-state index is -0.470. The summed E-state index contributed by atoms with van der Waals surface area (Å²) in [6.07, 6.45) is 1.56. The van der Waals surface area contributed by atoms with E-state index in [1.807, 2.05) is 6.07 Å². The van der Waals surface area contributed by atoms with Gasteiger partial charge in [0.05, 0.1) is 31.8 Å². The van der Waals surface area contributed by atoms with E-state index < -0.39 is 17.1 Å². The lowest BCUT2D eigenvalue weighted by molar-refractivity contribution is -0.125. The smallest absolute Gasteiger partial charge is 0.293 e. The first-order valence-electron chi connectivity index (χ1n) is 10.4. The van der Waals surface area contributed by atoms with Gasteiger partial charge in [-0.3, -0.25) is 19.3 Å². The van der Waals surface area contributed by atoms with Crippen LogP contribution in [-0.4, -0.2) is 63.0 Å². The van der Waals surface area contributed by atoms with Crippen LogP contribution in [0.5, 0.6) is 23.0 Å². The number of hydrogen-bond donors (Lipinski definition) is 1. The summed E-state index contributed by atoms with van der Waals surface area (Å²) in [5, 5.41) is 11.2. The van der Waals surface area contributed by atoms with Gasteiger partial charge in [0.15, 0.2) is 18.1 Å². The molecule has 0 radical (unpaired) electrons. The van der Waals surface area contributed by atoms with E-state index in [0.717, 1.165) is 16.7 Å². The van der Waals surface area contributed by atoms with Gasteiger partial charge in [0, 0.05) is 13.1 Å². The molecule has 0 aliphatic carbocycles. The van der Waals surface area contributed by atoms with Gasteiger partial charge in [0.25, 0.3) is 17.1 Å². The molecule has 1 heterocycles. The van der Waals surface area contributed by atoms with Crippen LogP contribution < -0.4 is 24.3 Å². The molecule has 1 aliphatic heterocycles. The Morgan fingerprint density at radius 1 is 1.09 bits per heavy atom. The zero-order valence-electron chi connectivity index (χ0n) is 19.3. The van der Waals surface area contributed by atoms with Crippen molar-refractivity contribution in [3.8, 4) is 29.1 Å². The monoisotopic (exact) mass is 497 g/mol. The number of ether oxygens (including phenoxy) is 4. The van der Waals surface area contributed by atoms with Gasteiger partial charge in [-0.1, -0.05) is 12.1 Å². The molecule has 11 heteroatoms. The van der Waals surface area contributed by atoms with Crippen LogP contribution in [0.2, 0.25) is 0 Å². The molecule has 1 aliphatic rings. The molecule has 0 atom stereocenters. The van der Waals surface area contributed by atoms with Gasteiger partial charge in [-0.05, 0) is 47.7 Å². The molecule has 3 rings (SSSR count). The average Bonchev–Trinajstić information content (AvgIpc) is 3.14. The molecule has 182 valence electrons. The molecule has 0 bridgehead atoms. The Kier molecular flexibility index (Phi) is 8.58. The molecule has 1 saturated heterocycles. The number of carbonyl (C=O) groups is 3. The Bertz CT molecular complexity index is 1180. The van der Waals surface area contributed by atoms with Crippen molar-refractivity contribution in [3.05, 3.63) is 52.4 Å². The topological polar surface area (TPSA) is 127 Å². The predicted molar refractivity (Wildman–Crippen MR) is 128 cm³/mol. The Labute approximate surface area is 206 Å². The van der Waals surface area contributed by atoms with Crippen molar-refractivity contribution < 1.29 is 33.3 Å². The number of nitriles is 1. The Balaban J connectivity index is 1.59. The van der Waals surface area contributed by atoms with Gasteiger partial charge in [-0.25, -0.2) is 0 Å². The molecule has 35 heavy (non-hydrogen) atoms. The molecule has 0 spiro atoms. The number of amides is 3. The summed E-state index contributed by atoms with van der Waals surface area (Å²) < 4.78 is 21.3. The molecule has 1 N–H and O–H groups in total. The number of methoxy groups -OCH3 is 3. The third-order valence-electron chi connectivity index (χ3n) is 4.88. The molecule has 0 aromatic heterocycles. The lowest BCUT2D eigenvalue weighted by Crippen LogP contribution is -2.38. The fourth-order valence-corrected chi connectivity index (χ4v) is 4.08. The minimum absolute atomic E-state index is 0.00220. The number of carbonyl (C=O) groups excluding carboxylic acids is 3. The van der Waals surface area contributed by atoms with Crippen LogP contribution in [-0.2, 0) is 9.59 Å². The molecule has 2 aromatic rings. The molecule has 0 unspecified atom stereocenters. The summed E-state index contributed by atoms with van der Waals surface area (Å²) in [4.78, 5) is 38.5. The Morgan fingerprint density at radius 3 is 2.40 bits per heavy atom. The van der Waals surface area contributed by atoms with Crippen molar-refractivity contribution in [2.24, 2.45) is 0 Å². The molecular weight excluding hydrogens is 474 g/mol. The SMILES string of the molecule is COc1cc(/C=C2\SC(=O)N(CCNC(=O)COc3ccccc3C#N)C2=O)cc(OC)c1OC. The number of imide groups is 1. The predicted octanol–water partition coefficient (Wildman–Crippen LogP) is 2.82. The van der Waals surface area contributed by atoms with Crippen LogP contribution in [0.4, 0.5) is 4.79 Å². The van der Waals surface area contributed by atoms with Gasteiger partial charge in [0.1, 0.15) is 11.8 Å². The highest BCUT2D eigenvalue weighted by Crippen LogP contribution is 2.40. The molecule has 2 aromatic carbocycles. The minimum Gasteiger partial charge on any atom is -0.493 e. The molecule has 0 saturated carbocycles. The van der Waals surface area contributed by atoms with Crippen molar-refractivity contribution in [1.82, 2.24) is 10.2 Å². The zero-order valence-corrected chi connectivity index (χ0v) is 20.1. The Hall–Kier alpha value is -4.17. The van der Waals surface area contributed by atoms with Crippen LogP contribution in [0.15, 0.2) is 41.3 Å².